The van der Waals surface area contributed by atoms with Gasteiger partial charge in [-0.3, -0.25) is 14.6 Å². The molecule has 1 saturated heterocycles. The number of fused-ring (bicyclic) bond motifs is 1. The Bertz CT molecular complexity index is 1050. The van der Waals surface area contributed by atoms with Gasteiger partial charge in [-0.15, -0.1) is 0 Å². The fourth-order valence-electron chi connectivity index (χ4n) is 3.93. The number of nitrogens with zero attached hydrogens (tertiary/aromatic N) is 2. The summed E-state index contributed by atoms with van der Waals surface area (Å²) < 4.78 is 5.45. The Balaban J connectivity index is 1.37. The van der Waals surface area contributed by atoms with Gasteiger partial charge in [-0.1, -0.05) is 18.2 Å². The quantitative estimate of drug-likeness (QED) is 0.724. The van der Waals surface area contributed by atoms with E-state index in [-0.39, 0.29) is 17.4 Å². The molecule has 1 aliphatic heterocycles. The third kappa shape index (κ3) is 4.31. The zero-order chi connectivity index (χ0) is 20.2. The molecule has 0 radical (unpaired) electrons. The van der Waals surface area contributed by atoms with Gasteiger partial charge in [-0.25, -0.2) is 0 Å². The summed E-state index contributed by atoms with van der Waals surface area (Å²) in [6.45, 7) is 3.99. The number of benzene rings is 1. The first-order valence-corrected chi connectivity index (χ1v) is 10.1. The number of rotatable bonds is 5. The summed E-state index contributed by atoms with van der Waals surface area (Å²) >= 11 is 0. The first-order valence-electron chi connectivity index (χ1n) is 10.1. The van der Waals surface area contributed by atoms with Crippen LogP contribution in [-0.4, -0.2) is 40.5 Å². The van der Waals surface area contributed by atoms with E-state index in [1.54, 1.807) is 6.20 Å². The summed E-state index contributed by atoms with van der Waals surface area (Å²) in [5.74, 6) is 1.22. The van der Waals surface area contributed by atoms with Crippen LogP contribution in [0.5, 0.6) is 5.75 Å². The van der Waals surface area contributed by atoms with Crippen molar-refractivity contribution in [1.82, 2.24) is 14.9 Å². The van der Waals surface area contributed by atoms with Gasteiger partial charge in [0.05, 0.1) is 13.0 Å². The Morgan fingerprint density at radius 1 is 1.21 bits per heavy atom. The zero-order valence-electron chi connectivity index (χ0n) is 16.6. The molecule has 1 amide bonds. The van der Waals surface area contributed by atoms with Crippen LogP contribution in [0.3, 0.4) is 0 Å². The van der Waals surface area contributed by atoms with E-state index in [2.05, 4.69) is 9.97 Å². The van der Waals surface area contributed by atoms with Gasteiger partial charge in [0.25, 0.3) is 5.56 Å². The van der Waals surface area contributed by atoms with Crippen LogP contribution in [-0.2, 0) is 11.2 Å². The van der Waals surface area contributed by atoms with Crippen molar-refractivity contribution in [2.75, 3.05) is 19.7 Å². The predicted molar refractivity (Wildman–Crippen MR) is 112 cm³/mol. The molecule has 0 bridgehead atoms. The highest BCUT2D eigenvalue weighted by atomic mass is 16.5. The maximum atomic E-state index is 12.7. The van der Waals surface area contributed by atoms with E-state index in [9.17, 15) is 9.59 Å². The maximum absolute atomic E-state index is 12.7. The normalized spacial score (nSPS) is 14.9. The van der Waals surface area contributed by atoms with Crippen LogP contribution in [0.1, 0.15) is 36.9 Å². The van der Waals surface area contributed by atoms with Crippen molar-refractivity contribution in [2.45, 2.75) is 32.1 Å². The summed E-state index contributed by atoms with van der Waals surface area (Å²) in [4.78, 5) is 34.0. The number of ether oxygens (including phenoxy) is 1. The second-order valence-corrected chi connectivity index (χ2v) is 7.40. The van der Waals surface area contributed by atoms with Crippen LogP contribution < -0.4 is 10.3 Å². The standard InChI is InChI=1S/C23H25N3O3/c1-2-29-19-7-5-16(6-8-19)14-21(27)26-12-9-17(10-13-26)20-15-18-4-3-11-24-22(18)23(28)25-20/h3-8,11,15,17H,2,9-10,12-14H2,1H3,(H,25,28). The Labute approximate surface area is 169 Å². The zero-order valence-corrected chi connectivity index (χ0v) is 16.6. The lowest BCUT2D eigenvalue weighted by Gasteiger charge is -2.32. The number of aromatic nitrogens is 2. The number of carbonyl (C=O) groups excluding carboxylic acids is 1. The highest BCUT2D eigenvalue weighted by Gasteiger charge is 2.24. The number of hydrogen-bond acceptors (Lipinski definition) is 4. The van der Waals surface area contributed by atoms with Gasteiger partial charge in [-0.05, 0) is 49.6 Å². The van der Waals surface area contributed by atoms with Crippen molar-refractivity contribution in [3.05, 3.63) is 70.3 Å². The maximum Gasteiger partial charge on any atom is 0.274 e. The van der Waals surface area contributed by atoms with Gasteiger partial charge in [0.1, 0.15) is 11.3 Å². The molecule has 1 aliphatic rings. The molecule has 0 saturated carbocycles. The minimum absolute atomic E-state index is 0.142. The minimum Gasteiger partial charge on any atom is -0.494 e. The van der Waals surface area contributed by atoms with E-state index in [0.717, 1.165) is 35.2 Å². The van der Waals surface area contributed by atoms with Gasteiger partial charge >= 0.3 is 0 Å². The Kier molecular flexibility index (Phi) is 5.60. The van der Waals surface area contributed by atoms with Gasteiger partial charge in [-0.2, -0.15) is 0 Å². The lowest BCUT2D eigenvalue weighted by Crippen LogP contribution is -2.39. The number of likely N-dealkylation sites (tertiary alicyclic amines) is 1. The van der Waals surface area contributed by atoms with E-state index in [4.69, 9.17) is 4.74 Å². The Morgan fingerprint density at radius 2 is 1.97 bits per heavy atom. The van der Waals surface area contributed by atoms with E-state index >= 15 is 0 Å². The van der Waals surface area contributed by atoms with E-state index in [1.807, 2.05) is 54.3 Å². The number of pyridine rings is 2. The second kappa shape index (κ2) is 8.47. The molecule has 0 aliphatic carbocycles. The lowest BCUT2D eigenvalue weighted by atomic mass is 9.92. The van der Waals surface area contributed by atoms with Gasteiger partial charge in [0.2, 0.25) is 5.91 Å². The molecule has 150 valence electrons. The van der Waals surface area contributed by atoms with Gasteiger partial charge in [0.15, 0.2) is 0 Å². The smallest absolute Gasteiger partial charge is 0.274 e. The molecule has 1 aromatic carbocycles. The largest absolute Gasteiger partial charge is 0.494 e. The number of carbonyl (C=O) groups is 1. The van der Waals surface area contributed by atoms with Gasteiger partial charge < -0.3 is 14.6 Å². The Hall–Kier alpha value is -3.15. The Morgan fingerprint density at radius 3 is 2.69 bits per heavy atom. The first kappa shape index (κ1) is 19.2. The number of hydrogen-bond donors (Lipinski definition) is 1. The predicted octanol–water partition coefficient (Wildman–Crippen LogP) is 3.27. The summed E-state index contributed by atoms with van der Waals surface area (Å²) in [5.41, 5.74) is 2.26. The van der Waals surface area contributed by atoms with E-state index in [0.29, 0.717) is 31.6 Å². The fourth-order valence-corrected chi connectivity index (χ4v) is 3.93. The molecule has 3 heterocycles. The van der Waals surface area contributed by atoms with Crippen molar-refractivity contribution in [3.8, 4) is 5.75 Å². The molecule has 6 heteroatoms. The number of aromatic amines is 1. The third-order valence-corrected chi connectivity index (χ3v) is 5.50. The molecule has 4 rings (SSSR count). The highest BCUT2D eigenvalue weighted by molar-refractivity contribution is 5.79. The molecule has 0 atom stereocenters. The number of piperidine rings is 1. The topological polar surface area (TPSA) is 75.3 Å². The molecular formula is C23H25N3O3. The van der Waals surface area contributed by atoms with Crippen molar-refractivity contribution < 1.29 is 9.53 Å². The van der Waals surface area contributed by atoms with E-state index in [1.165, 1.54) is 0 Å². The molecule has 0 spiro atoms. The molecule has 29 heavy (non-hydrogen) atoms. The molecular weight excluding hydrogens is 366 g/mol. The van der Waals surface area contributed by atoms with Crippen LogP contribution in [0.4, 0.5) is 0 Å². The van der Waals surface area contributed by atoms with Crippen molar-refractivity contribution in [2.24, 2.45) is 0 Å². The molecule has 3 aromatic rings. The second-order valence-electron chi connectivity index (χ2n) is 7.40. The lowest BCUT2D eigenvalue weighted by molar-refractivity contribution is -0.131. The van der Waals surface area contributed by atoms with Crippen molar-refractivity contribution >= 4 is 16.8 Å². The molecule has 1 fully saturated rings. The third-order valence-electron chi connectivity index (χ3n) is 5.50. The first-order chi connectivity index (χ1) is 14.1. The number of amides is 1. The van der Waals surface area contributed by atoms with Crippen LogP contribution in [0.2, 0.25) is 0 Å². The average Bonchev–Trinajstić information content (AvgIpc) is 2.75. The molecule has 6 nitrogen and oxygen atoms in total. The number of nitrogens with one attached hydrogen (secondary N) is 1. The molecule has 0 unspecified atom stereocenters. The van der Waals surface area contributed by atoms with Crippen LogP contribution >= 0.6 is 0 Å². The fraction of sp³-hybridized carbons (Fsp3) is 0.348. The van der Waals surface area contributed by atoms with Crippen LogP contribution in [0.15, 0.2) is 53.5 Å². The monoisotopic (exact) mass is 391 g/mol. The van der Waals surface area contributed by atoms with Crippen molar-refractivity contribution in [1.29, 1.82) is 0 Å². The summed E-state index contributed by atoms with van der Waals surface area (Å²) in [5, 5.41) is 0.861. The summed E-state index contributed by atoms with van der Waals surface area (Å²) in [7, 11) is 0. The average molecular weight is 391 g/mol. The number of H-pyrrole nitrogens is 1. The van der Waals surface area contributed by atoms with Crippen LogP contribution in [0, 0.1) is 0 Å². The summed E-state index contributed by atoms with van der Waals surface area (Å²) in [6.07, 6.45) is 3.72. The molecule has 1 N–H and O–H groups in total. The van der Waals surface area contributed by atoms with Crippen molar-refractivity contribution in [3.63, 3.8) is 0 Å². The minimum atomic E-state index is -0.146. The highest BCUT2D eigenvalue weighted by Crippen LogP contribution is 2.27. The SMILES string of the molecule is CCOc1ccc(CC(=O)N2CCC(c3cc4cccnc4c(=O)[nH]3)CC2)cc1. The van der Waals surface area contributed by atoms with E-state index < -0.39 is 0 Å². The summed E-state index contributed by atoms with van der Waals surface area (Å²) in [6, 6.07) is 13.5. The molecule has 2 aromatic heterocycles. The van der Waals surface area contributed by atoms with Gasteiger partial charge in [0, 0.05) is 36.3 Å². The van der Waals surface area contributed by atoms with Crippen LogP contribution in [0.25, 0.3) is 10.9 Å².